The summed E-state index contributed by atoms with van der Waals surface area (Å²) in [6, 6.07) is -0.243. The molecule has 0 spiro atoms. The third-order valence-corrected chi connectivity index (χ3v) is 2.84. The molecule has 1 unspecified atom stereocenters. The Labute approximate surface area is 116 Å². The molecular formula is C14H28N2O3. The first-order valence-corrected chi connectivity index (χ1v) is 6.98. The quantitative estimate of drug-likeness (QED) is 0.679. The minimum atomic E-state index is -0.344. The van der Waals surface area contributed by atoms with E-state index in [1.165, 1.54) is 0 Å². The van der Waals surface area contributed by atoms with Crippen LogP contribution >= 0.6 is 0 Å². The van der Waals surface area contributed by atoms with E-state index in [2.05, 4.69) is 5.32 Å². The summed E-state index contributed by atoms with van der Waals surface area (Å²) < 4.78 is 4.94. The predicted octanol–water partition coefficient (Wildman–Crippen LogP) is 1.42. The Balaban J connectivity index is 4.51. The lowest BCUT2D eigenvalue weighted by Crippen LogP contribution is -2.50. The molecule has 0 heterocycles. The van der Waals surface area contributed by atoms with Crippen LogP contribution in [-0.4, -0.2) is 48.6 Å². The minimum Gasteiger partial charge on any atom is -0.465 e. The van der Waals surface area contributed by atoms with Gasteiger partial charge in [0.1, 0.15) is 0 Å². The molecule has 0 saturated carbocycles. The normalized spacial score (nSPS) is 12.9. The van der Waals surface area contributed by atoms with Crippen molar-refractivity contribution in [3.05, 3.63) is 0 Å². The van der Waals surface area contributed by atoms with E-state index in [-0.39, 0.29) is 30.5 Å². The fraction of sp³-hybridized carbons (Fsp3) is 0.857. The van der Waals surface area contributed by atoms with Gasteiger partial charge in [-0.15, -0.1) is 0 Å². The molecule has 0 aromatic carbocycles. The number of esters is 1. The number of amides is 1. The van der Waals surface area contributed by atoms with Crippen LogP contribution in [0.4, 0.5) is 0 Å². The van der Waals surface area contributed by atoms with Gasteiger partial charge in [0.25, 0.3) is 0 Å². The van der Waals surface area contributed by atoms with Crippen LogP contribution < -0.4 is 5.32 Å². The zero-order valence-corrected chi connectivity index (χ0v) is 13.0. The van der Waals surface area contributed by atoms with Crippen LogP contribution in [0.15, 0.2) is 0 Å². The molecule has 1 N–H and O–H groups in total. The molecule has 0 fully saturated rings. The molecular weight excluding hydrogens is 244 g/mol. The molecule has 0 aliphatic rings. The standard InChI is InChI=1S/C14H28N2O3/c1-7-19-13(17)9-16(11(4)5)12(6)14(18)15-8-10(2)3/h10-12H,7-9H2,1-6H3,(H,15,18). The molecule has 112 valence electrons. The first-order valence-electron chi connectivity index (χ1n) is 6.98. The largest absolute Gasteiger partial charge is 0.465 e. The number of nitrogens with zero attached hydrogens (tertiary/aromatic N) is 1. The average Bonchev–Trinajstić information content (AvgIpc) is 2.32. The Morgan fingerprint density at radius 2 is 1.74 bits per heavy atom. The second-order valence-corrected chi connectivity index (χ2v) is 5.39. The summed E-state index contributed by atoms with van der Waals surface area (Å²) in [6.07, 6.45) is 0. The van der Waals surface area contributed by atoms with Crippen LogP contribution in [0.3, 0.4) is 0 Å². The number of ether oxygens (including phenoxy) is 1. The molecule has 19 heavy (non-hydrogen) atoms. The SMILES string of the molecule is CCOC(=O)CN(C(C)C)C(C)C(=O)NCC(C)C. The van der Waals surface area contributed by atoms with Crippen molar-refractivity contribution >= 4 is 11.9 Å². The van der Waals surface area contributed by atoms with Crippen molar-refractivity contribution in [3.8, 4) is 0 Å². The summed E-state index contributed by atoms with van der Waals surface area (Å²) in [6.45, 7) is 12.8. The van der Waals surface area contributed by atoms with Crippen molar-refractivity contribution < 1.29 is 14.3 Å². The van der Waals surface area contributed by atoms with E-state index in [0.29, 0.717) is 19.1 Å². The Morgan fingerprint density at radius 3 is 2.16 bits per heavy atom. The molecule has 0 radical (unpaired) electrons. The van der Waals surface area contributed by atoms with E-state index in [4.69, 9.17) is 4.74 Å². The number of carbonyl (C=O) groups is 2. The maximum Gasteiger partial charge on any atom is 0.320 e. The molecule has 0 aromatic heterocycles. The molecule has 5 nitrogen and oxygen atoms in total. The fourth-order valence-electron chi connectivity index (χ4n) is 1.73. The summed E-state index contributed by atoms with van der Waals surface area (Å²) in [7, 11) is 0. The van der Waals surface area contributed by atoms with Gasteiger partial charge in [-0.3, -0.25) is 14.5 Å². The Hall–Kier alpha value is -1.10. The minimum absolute atomic E-state index is 0.0494. The number of nitrogens with one attached hydrogen (secondary N) is 1. The van der Waals surface area contributed by atoms with Crippen LogP contribution in [-0.2, 0) is 14.3 Å². The van der Waals surface area contributed by atoms with Crippen LogP contribution in [0.25, 0.3) is 0 Å². The third kappa shape index (κ3) is 7.15. The molecule has 0 rings (SSSR count). The predicted molar refractivity (Wildman–Crippen MR) is 75.8 cm³/mol. The van der Waals surface area contributed by atoms with Crippen molar-refractivity contribution in [3.63, 3.8) is 0 Å². The first-order chi connectivity index (χ1) is 8.79. The van der Waals surface area contributed by atoms with Gasteiger partial charge >= 0.3 is 5.97 Å². The number of hydrogen-bond acceptors (Lipinski definition) is 4. The van der Waals surface area contributed by atoms with Gasteiger partial charge in [-0.2, -0.15) is 0 Å². The van der Waals surface area contributed by atoms with Gasteiger partial charge in [0.05, 0.1) is 19.2 Å². The second-order valence-electron chi connectivity index (χ2n) is 5.39. The Kier molecular flexibility index (Phi) is 8.39. The van der Waals surface area contributed by atoms with E-state index >= 15 is 0 Å². The van der Waals surface area contributed by atoms with Crippen molar-refractivity contribution in [1.82, 2.24) is 10.2 Å². The monoisotopic (exact) mass is 272 g/mol. The number of hydrogen-bond donors (Lipinski definition) is 1. The van der Waals surface area contributed by atoms with Crippen molar-refractivity contribution in [2.75, 3.05) is 19.7 Å². The van der Waals surface area contributed by atoms with Gasteiger partial charge in [-0.25, -0.2) is 0 Å². The lowest BCUT2D eigenvalue weighted by Gasteiger charge is -2.30. The van der Waals surface area contributed by atoms with E-state index in [9.17, 15) is 9.59 Å². The zero-order valence-electron chi connectivity index (χ0n) is 13.0. The van der Waals surface area contributed by atoms with Crippen molar-refractivity contribution in [1.29, 1.82) is 0 Å². The topological polar surface area (TPSA) is 58.6 Å². The van der Waals surface area contributed by atoms with E-state index in [0.717, 1.165) is 0 Å². The van der Waals surface area contributed by atoms with Gasteiger partial charge in [-0.05, 0) is 33.6 Å². The molecule has 0 aromatic rings. The van der Waals surface area contributed by atoms with E-state index < -0.39 is 0 Å². The lowest BCUT2D eigenvalue weighted by molar-refractivity contribution is -0.146. The van der Waals surface area contributed by atoms with Crippen molar-refractivity contribution in [2.24, 2.45) is 5.92 Å². The van der Waals surface area contributed by atoms with Crippen LogP contribution in [0.5, 0.6) is 0 Å². The Bertz CT molecular complexity index is 290. The highest BCUT2D eigenvalue weighted by molar-refractivity contribution is 5.82. The van der Waals surface area contributed by atoms with Gasteiger partial charge < -0.3 is 10.1 Å². The first kappa shape index (κ1) is 17.9. The average molecular weight is 272 g/mol. The smallest absolute Gasteiger partial charge is 0.320 e. The molecule has 0 aliphatic carbocycles. The zero-order chi connectivity index (χ0) is 15.0. The highest BCUT2D eigenvalue weighted by Crippen LogP contribution is 2.06. The third-order valence-electron chi connectivity index (χ3n) is 2.84. The maximum atomic E-state index is 12.0. The van der Waals surface area contributed by atoms with E-state index in [1.54, 1.807) is 6.92 Å². The summed E-state index contributed by atoms with van der Waals surface area (Å²) in [5.41, 5.74) is 0. The van der Waals surface area contributed by atoms with Crippen LogP contribution in [0.1, 0.15) is 41.5 Å². The molecule has 1 amide bonds. The number of rotatable bonds is 8. The maximum absolute atomic E-state index is 12.0. The molecule has 1 atom stereocenters. The van der Waals surface area contributed by atoms with Gasteiger partial charge in [0.15, 0.2) is 0 Å². The van der Waals surface area contributed by atoms with Gasteiger partial charge in [0, 0.05) is 12.6 Å². The molecule has 5 heteroatoms. The van der Waals surface area contributed by atoms with Crippen LogP contribution in [0, 0.1) is 5.92 Å². The molecule has 0 saturated heterocycles. The van der Waals surface area contributed by atoms with Gasteiger partial charge in [-0.1, -0.05) is 13.8 Å². The Morgan fingerprint density at radius 1 is 1.16 bits per heavy atom. The lowest BCUT2D eigenvalue weighted by atomic mass is 10.2. The highest BCUT2D eigenvalue weighted by Gasteiger charge is 2.25. The fourth-order valence-corrected chi connectivity index (χ4v) is 1.73. The highest BCUT2D eigenvalue weighted by atomic mass is 16.5. The second kappa shape index (κ2) is 8.91. The van der Waals surface area contributed by atoms with Crippen molar-refractivity contribution in [2.45, 2.75) is 53.6 Å². The van der Waals surface area contributed by atoms with Gasteiger partial charge in [0.2, 0.25) is 5.91 Å². The molecule has 0 bridgehead atoms. The summed E-state index contributed by atoms with van der Waals surface area (Å²) in [5, 5.41) is 2.89. The summed E-state index contributed by atoms with van der Waals surface area (Å²) >= 11 is 0. The number of carbonyl (C=O) groups excluding carboxylic acids is 2. The van der Waals surface area contributed by atoms with E-state index in [1.807, 2.05) is 39.5 Å². The summed E-state index contributed by atoms with van der Waals surface area (Å²) in [5.74, 6) is 0.0696. The van der Waals surface area contributed by atoms with Crippen LogP contribution in [0.2, 0.25) is 0 Å². The molecule has 0 aliphatic heterocycles. The summed E-state index contributed by atoms with van der Waals surface area (Å²) in [4.78, 5) is 25.4.